The number of carbonyl (C=O) groups is 2. The highest BCUT2D eigenvalue weighted by atomic mass is 35.5. The van der Waals surface area contributed by atoms with Crippen molar-refractivity contribution in [1.82, 2.24) is 20.2 Å². The Bertz CT molecular complexity index is 1480. The summed E-state index contributed by atoms with van der Waals surface area (Å²) >= 11 is 12.3. The first-order chi connectivity index (χ1) is 17.9. The van der Waals surface area contributed by atoms with Crippen molar-refractivity contribution in [3.8, 4) is 5.75 Å². The molecule has 11 nitrogen and oxygen atoms in total. The van der Waals surface area contributed by atoms with Crippen LogP contribution in [0.2, 0.25) is 10.2 Å². The number of halogens is 2. The maximum Gasteiger partial charge on any atom is 0.407 e. The van der Waals surface area contributed by atoms with Crippen molar-refractivity contribution in [2.45, 2.75) is 32.9 Å². The largest absolute Gasteiger partial charge is 0.478 e. The van der Waals surface area contributed by atoms with Gasteiger partial charge in [0.2, 0.25) is 5.69 Å². The van der Waals surface area contributed by atoms with Gasteiger partial charge in [-0.2, -0.15) is 0 Å². The highest BCUT2D eigenvalue weighted by molar-refractivity contribution is 6.36. The summed E-state index contributed by atoms with van der Waals surface area (Å²) in [5, 5.41) is 8.92. The lowest BCUT2D eigenvalue weighted by Crippen LogP contribution is -2.36. The van der Waals surface area contributed by atoms with E-state index in [0.29, 0.717) is 16.6 Å². The van der Waals surface area contributed by atoms with Crippen molar-refractivity contribution in [3.63, 3.8) is 0 Å². The highest BCUT2D eigenvalue weighted by Crippen LogP contribution is 2.33. The van der Waals surface area contributed by atoms with Crippen molar-refractivity contribution in [2.24, 2.45) is 0 Å². The van der Waals surface area contributed by atoms with E-state index in [9.17, 15) is 14.4 Å². The Labute approximate surface area is 228 Å². The van der Waals surface area contributed by atoms with Crippen LogP contribution in [0.1, 0.15) is 20.8 Å². The molecule has 0 fully saturated rings. The van der Waals surface area contributed by atoms with E-state index in [4.69, 9.17) is 39.2 Å². The van der Waals surface area contributed by atoms with Crippen molar-refractivity contribution >= 4 is 63.3 Å². The smallest absolute Gasteiger partial charge is 0.407 e. The average Bonchev–Trinajstić information content (AvgIpc) is 2.84. The number of hydrogen-bond acceptors (Lipinski definition) is 7. The lowest BCUT2D eigenvalue weighted by atomic mass is 10.1. The summed E-state index contributed by atoms with van der Waals surface area (Å²) < 4.78 is 12.2. The van der Waals surface area contributed by atoms with Crippen LogP contribution in [0.3, 0.4) is 0 Å². The minimum absolute atomic E-state index is 0.00361. The molecule has 0 unspecified atom stereocenters. The zero-order valence-corrected chi connectivity index (χ0v) is 22.7. The third-order valence-electron chi connectivity index (χ3n) is 5.00. The average molecular weight is 561 g/mol. The summed E-state index contributed by atoms with van der Waals surface area (Å²) in [7, 11) is 1.46. The Morgan fingerprint density at radius 2 is 1.92 bits per heavy atom. The zero-order chi connectivity index (χ0) is 28.0. The van der Waals surface area contributed by atoms with E-state index >= 15 is 0 Å². The fourth-order valence-corrected chi connectivity index (χ4v) is 3.70. The Kier molecular flexibility index (Phi) is 9.04. The molecule has 2 aromatic heterocycles. The molecule has 0 atom stereocenters. The molecule has 0 aliphatic rings. The molecular formula is C25H26Cl2N6O5. The first-order valence-corrected chi connectivity index (χ1v) is 12.2. The lowest BCUT2D eigenvalue weighted by Gasteiger charge is -2.20. The summed E-state index contributed by atoms with van der Waals surface area (Å²) in [5.74, 6) is -0.205. The number of amides is 2. The molecule has 13 heteroatoms. The van der Waals surface area contributed by atoms with Gasteiger partial charge in [-0.25, -0.2) is 14.6 Å². The molecule has 3 N–H and O–H groups in total. The minimum atomic E-state index is -0.664. The van der Waals surface area contributed by atoms with Gasteiger partial charge in [-0.1, -0.05) is 23.2 Å². The van der Waals surface area contributed by atoms with Gasteiger partial charge in [-0.3, -0.25) is 9.59 Å². The maximum absolute atomic E-state index is 13.2. The van der Waals surface area contributed by atoms with E-state index in [1.165, 1.54) is 23.7 Å². The molecule has 0 aliphatic carbocycles. The molecule has 3 rings (SSSR count). The Balaban J connectivity index is 1.95. The molecule has 0 radical (unpaired) electrons. The minimum Gasteiger partial charge on any atom is -0.478 e. The summed E-state index contributed by atoms with van der Waals surface area (Å²) in [4.78, 5) is 44.3. The van der Waals surface area contributed by atoms with Gasteiger partial charge < -0.3 is 30.0 Å². The molecule has 2 heterocycles. The van der Waals surface area contributed by atoms with Crippen LogP contribution < -0.4 is 26.2 Å². The molecular weight excluding hydrogens is 535 g/mol. The number of alkyl carbamates (subject to hydrolysis) is 1. The van der Waals surface area contributed by atoms with Crippen LogP contribution in [-0.2, 0) is 16.1 Å². The number of nitrogens with one attached hydrogen (secondary N) is 3. The number of benzene rings is 1. The highest BCUT2D eigenvalue weighted by Gasteiger charge is 2.17. The standard InChI is InChI=1S/C25H26Cl2N6O5/c1-25(2,3)38-24(36)30-8-9-33-18-7-6-15(31-22-16(26)12-17(28-4)21(27)32-22)10-14(18)11-19(23(33)35)37-13-20(34)29-5/h6-7,10-12H,8-9,13H2,1-3,5H3,(H,29,34)(H,30,36)(H,31,32). The molecule has 38 heavy (non-hydrogen) atoms. The Hall–Kier alpha value is -4.01. The van der Waals surface area contributed by atoms with Gasteiger partial charge in [0.25, 0.3) is 11.5 Å². The topological polar surface area (TPSA) is 128 Å². The predicted molar refractivity (Wildman–Crippen MR) is 146 cm³/mol. The van der Waals surface area contributed by atoms with Gasteiger partial charge in [0.05, 0.1) is 17.1 Å². The predicted octanol–water partition coefficient (Wildman–Crippen LogP) is 4.65. The number of carbonyl (C=O) groups excluding carboxylic acids is 2. The Morgan fingerprint density at radius 1 is 1.18 bits per heavy atom. The van der Waals surface area contributed by atoms with E-state index in [0.717, 1.165) is 0 Å². The summed E-state index contributed by atoms with van der Waals surface area (Å²) in [5.41, 5.74) is 0.109. The normalized spacial score (nSPS) is 11.0. The molecule has 200 valence electrons. The van der Waals surface area contributed by atoms with Crippen molar-refractivity contribution in [1.29, 1.82) is 0 Å². The van der Waals surface area contributed by atoms with Gasteiger partial charge in [0.1, 0.15) is 16.6 Å². The first-order valence-electron chi connectivity index (χ1n) is 11.4. The van der Waals surface area contributed by atoms with Crippen LogP contribution in [0.25, 0.3) is 15.7 Å². The van der Waals surface area contributed by atoms with Gasteiger partial charge >= 0.3 is 6.09 Å². The second kappa shape index (κ2) is 12.0. The molecule has 1 aromatic carbocycles. The molecule has 0 aliphatic heterocycles. The first kappa shape index (κ1) is 28.6. The number of pyridine rings is 2. The maximum atomic E-state index is 13.2. The van der Waals surface area contributed by atoms with E-state index < -0.39 is 23.2 Å². The van der Waals surface area contributed by atoms with E-state index in [-0.39, 0.29) is 47.1 Å². The quantitative estimate of drug-likeness (QED) is 0.270. The number of hydrogen-bond donors (Lipinski definition) is 3. The number of fused-ring (bicyclic) bond motifs is 1. The van der Waals surface area contributed by atoms with E-state index in [1.807, 2.05) is 0 Å². The van der Waals surface area contributed by atoms with Crippen molar-refractivity contribution in [2.75, 3.05) is 25.5 Å². The molecule has 3 aromatic rings. The van der Waals surface area contributed by atoms with E-state index in [2.05, 4.69) is 25.8 Å². The summed E-state index contributed by atoms with van der Waals surface area (Å²) in [6, 6.07) is 8.08. The Morgan fingerprint density at radius 3 is 2.58 bits per heavy atom. The molecule has 0 bridgehead atoms. The molecule has 0 saturated carbocycles. The number of aromatic nitrogens is 2. The lowest BCUT2D eigenvalue weighted by molar-refractivity contribution is -0.122. The van der Waals surface area contributed by atoms with E-state index in [1.54, 1.807) is 39.0 Å². The SMILES string of the molecule is [C-]#[N+]c1cc(Cl)c(Nc2ccc3c(c2)cc(OCC(=O)NC)c(=O)n3CCNC(=O)OC(C)(C)C)nc1Cl. The zero-order valence-electron chi connectivity index (χ0n) is 21.1. The summed E-state index contributed by atoms with van der Waals surface area (Å²) in [6.07, 6.45) is -0.611. The monoisotopic (exact) mass is 560 g/mol. The second-order valence-corrected chi connectivity index (χ2v) is 9.76. The number of nitrogens with zero attached hydrogens (tertiary/aromatic N) is 3. The number of rotatable bonds is 8. The fraction of sp³-hybridized carbons (Fsp3) is 0.320. The van der Waals surface area contributed by atoms with Crippen LogP contribution in [0.5, 0.6) is 5.75 Å². The molecule has 0 saturated heterocycles. The van der Waals surface area contributed by atoms with Crippen molar-refractivity contribution < 1.29 is 19.1 Å². The third-order valence-corrected chi connectivity index (χ3v) is 5.56. The van der Waals surface area contributed by atoms with Gasteiger partial charge in [0.15, 0.2) is 12.4 Å². The fourth-order valence-electron chi connectivity index (χ4n) is 3.32. The number of anilines is 2. The van der Waals surface area contributed by atoms with Gasteiger partial charge in [-0.05, 0) is 51.1 Å². The second-order valence-electron chi connectivity index (χ2n) is 9.00. The van der Waals surface area contributed by atoms with Crippen LogP contribution >= 0.6 is 23.2 Å². The van der Waals surface area contributed by atoms with Crippen LogP contribution in [0.15, 0.2) is 35.1 Å². The van der Waals surface area contributed by atoms with Gasteiger partial charge in [-0.15, -0.1) is 0 Å². The van der Waals surface area contributed by atoms with Crippen LogP contribution in [-0.4, -0.2) is 47.4 Å². The summed E-state index contributed by atoms with van der Waals surface area (Å²) in [6.45, 7) is 12.2. The van der Waals surface area contributed by atoms with Crippen molar-refractivity contribution in [3.05, 3.63) is 62.3 Å². The number of ether oxygens (including phenoxy) is 2. The third kappa shape index (κ3) is 7.27. The van der Waals surface area contributed by atoms with Gasteiger partial charge in [0, 0.05) is 31.2 Å². The van der Waals surface area contributed by atoms with Crippen LogP contribution in [0.4, 0.5) is 22.0 Å². The van der Waals surface area contributed by atoms with Crippen LogP contribution in [0, 0.1) is 6.57 Å². The molecule has 2 amide bonds. The molecule has 0 spiro atoms. The number of likely N-dealkylation sites (N-methyl/N-ethyl adjacent to an activating group) is 1.